The molecule has 0 aromatic carbocycles. The van der Waals surface area contributed by atoms with Crippen LogP contribution < -0.4 is 0 Å². The van der Waals surface area contributed by atoms with Crippen LogP contribution in [0.15, 0.2) is 21.5 Å². The maximum absolute atomic E-state index is 5.31. The van der Waals surface area contributed by atoms with Gasteiger partial charge in [0.05, 0.1) is 6.54 Å². The van der Waals surface area contributed by atoms with Gasteiger partial charge in [0.2, 0.25) is 0 Å². The minimum Gasteiger partial charge on any atom is -0.473 e. The minimum absolute atomic E-state index is 0.637. The van der Waals surface area contributed by atoms with E-state index in [0.29, 0.717) is 12.5 Å². The third kappa shape index (κ3) is 1.13. The fraction of sp³-hybridized carbons (Fsp3) is 0.375. The van der Waals surface area contributed by atoms with Crippen molar-refractivity contribution in [2.24, 2.45) is 4.99 Å². The quantitative estimate of drug-likeness (QED) is 0.607. The van der Waals surface area contributed by atoms with Gasteiger partial charge in [0.25, 0.3) is 5.90 Å². The molecule has 11 heavy (non-hydrogen) atoms. The fourth-order valence-electron chi connectivity index (χ4n) is 1.03. The molecule has 0 fully saturated rings. The molecule has 0 spiro atoms. The molecule has 0 radical (unpaired) electrons. The summed E-state index contributed by atoms with van der Waals surface area (Å²) in [5.41, 5.74) is 0. The Hall–Kier alpha value is -1.25. The summed E-state index contributed by atoms with van der Waals surface area (Å²) in [6.07, 6.45) is 0. The van der Waals surface area contributed by atoms with Crippen molar-refractivity contribution in [2.75, 3.05) is 13.2 Å². The molecular formula is C8H9NO2. The first-order valence-corrected chi connectivity index (χ1v) is 3.60. The van der Waals surface area contributed by atoms with E-state index in [1.807, 2.05) is 19.1 Å². The van der Waals surface area contributed by atoms with Gasteiger partial charge < -0.3 is 9.15 Å². The summed E-state index contributed by atoms with van der Waals surface area (Å²) < 4.78 is 10.5. The number of nitrogens with zero attached hydrogens (tertiary/aromatic N) is 1. The number of furan rings is 1. The molecule has 58 valence electrons. The molecule has 3 nitrogen and oxygen atoms in total. The van der Waals surface area contributed by atoms with Crippen LogP contribution in [0, 0.1) is 6.92 Å². The Morgan fingerprint density at radius 1 is 1.45 bits per heavy atom. The van der Waals surface area contributed by atoms with Crippen LogP contribution in [-0.2, 0) is 4.74 Å². The lowest BCUT2D eigenvalue weighted by molar-refractivity contribution is 0.338. The second-order valence-electron chi connectivity index (χ2n) is 2.45. The minimum atomic E-state index is 0.637. The Balaban J connectivity index is 2.28. The maximum atomic E-state index is 5.31. The van der Waals surface area contributed by atoms with Crippen LogP contribution in [0.1, 0.15) is 11.5 Å². The molecule has 0 aliphatic carbocycles. The highest BCUT2D eigenvalue weighted by Crippen LogP contribution is 2.10. The number of aliphatic imine (C=N–C) groups is 1. The summed E-state index contributed by atoms with van der Waals surface area (Å²) in [7, 11) is 0. The van der Waals surface area contributed by atoms with Gasteiger partial charge in [-0.2, -0.15) is 0 Å². The highest BCUT2D eigenvalue weighted by molar-refractivity contribution is 5.92. The van der Waals surface area contributed by atoms with Gasteiger partial charge in [-0.1, -0.05) is 0 Å². The molecule has 1 aromatic rings. The summed E-state index contributed by atoms with van der Waals surface area (Å²) >= 11 is 0. The van der Waals surface area contributed by atoms with Crippen LogP contribution >= 0.6 is 0 Å². The van der Waals surface area contributed by atoms with Crippen molar-refractivity contribution in [3.63, 3.8) is 0 Å². The fourth-order valence-corrected chi connectivity index (χ4v) is 1.03. The topological polar surface area (TPSA) is 34.7 Å². The van der Waals surface area contributed by atoms with Gasteiger partial charge >= 0.3 is 0 Å². The monoisotopic (exact) mass is 151 g/mol. The Labute approximate surface area is 64.7 Å². The molecule has 0 N–H and O–H groups in total. The molecule has 1 aromatic heterocycles. The summed E-state index contributed by atoms with van der Waals surface area (Å²) in [6.45, 7) is 3.32. The van der Waals surface area contributed by atoms with E-state index in [1.54, 1.807) is 0 Å². The number of hydrogen-bond acceptors (Lipinski definition) is 3. The summed E-state index contributed by atoms with van der Waals surface area (Å²) in [4.78, 5) is 4.12. The normalized spacial score (nSPS) is 16.3. The van der Waals surface area contributed by atoms with Crippen LogP contribution in [0.25, 0.3) is 0 Å². The zero-order valence-corrected chi connectivity index (χ0v) is 6.33. The maximum Gasteiger partial charge on any atom is 0.253 e. The third-order valence-corrected chi connectivity index (χ3v) is 1.54. The zero-order valence-electron chi connectivity index (χ0n) is 6.33. The summed E-state index contributed by atoms with van der Waals surface area (Å²) in [5.74, 6) is 2.26. The van der Waals surface area contributed by atoms with Crippen molar-refractivity contribution in [1.82, 2.24) is 0 Å². The molecule has 0 saturated heterocycles. The SMILES string of the molecule is Cc1ccc(C2=NCCO2)o1. The van der Waals surface area contributed by atoms with E-state index in [4.69, 9.17) is 9.15 Å². The average molecular weight is 151 g/mol. The van der Waals surface area contributed by atoms with E-state index in [9.17, 15) is 0 Å². The second kappa shape index (κ2) is 2.42. The zero-order chi connectivity index (χ0) is 7.68. The van der Waals surface area contributed by atoms with E-state index in [1.165, 1.54) is 0 Å². The Morgan fingerprint density at radius 2 is 2.36 bits per heavy atom. The summed E-state index contributed by atoms with van der Waals surface area (Å²) in [6, 6.07) is 3.78. The predicted octanol–water partition coefficient (Wildman–Crippen LogP) is 1.36. The van der Waals surface area contributed by atoms with Gasteiger partial charge in [0.1, 0.15) is 12.4 Å². The molecular weight excluding hydrogens is 142 g/mol. The molecule has 0 saturated carbocycles. The molecule has 2 rings (SSSR count). The van der Waals surface area contributed by atoms with Crippen LogP contribution in [0.2, 0.25) is 0 Å². The largest absolute Gasteiger partial charge is 0.473 e. The molecule has 1 aliphatic heterocycles. The lowest BCUT2D eigenvalue weighted by atomic mass is 10.4. The standard InChI is InChI=1S/C8H9NO2/c1-6-2-3-7(11-6)8-9-4-5-10-8/h2-3H,4-5H2,1H3. The number of ether oxygens (including phenoxy) is 1. The smallest absolute Gasteiger partial charge is 0.253 e. The first kappa shape index (κ1) is 6.46. The number of hydrogen-bond donors (Lipinski definition) is 0. The Kier molecular flexibility index (Phi) is 1.42. The molecule has 0 bridgehead atoms. The van der Waals surface area contributed by atoms with Crippen LogP contribution in [0.5, 0.6) is 0 Å². The average Bonchev–Trinajstić information content (AvgIpc) is 2.55. The van der Waals surface area contributed by atoms with Crippen LogP contribution in [0.3, 0.4) is 0 Å². The number of rotatable bonds is 1. The van der Waals surface area contributed by atoms with Crippen molar-refractivity contribution in [3.05, 3.63) is 23.7 Å². The van der Waals surface area contributed by atoms with Gasteiger partial charge in [0, 0.05) is 0 Å². The van der Waals surface area contributed by atoms with E-state index in [2.05, 4.69) is 4.99 Å². The van der Waals surface area contributed by atoms with Gasteiger partial charge in [-0.3, -0.25) is 0 Å². The highest BCUT2D eigenvalue weighted by atomic mass is 16.5. The van der Waals surface area contributed by atoms with Gasteiger partial charge in [-0.15, -0.1) is 0 Å². The molecule has 1 aliphatic rings. The molecule has 3 heteroatoms. The highest BCUT2D eigenvalue weighted by Gasteiger charge is 2.12. The Bertz CT molecular complexity index is 288. The van der Waals surface area contributed by atoms with Crippen molar-refractivity contribution in [1.29, 1.82) is 0 Å². The lowest BCUT2D eigenvalue weighted by Gasteiger charge is -1.94. The van der Waals surface area contributed by atoms with E-state index >= 15 is 0 Å². The van der Waals surface area contributed by atoms with Gasteiger partial charge in [0.15, 0.2) is 5.76 Å². The summed E-state index contributed by atoms with van der Waals surface area (Å²) in [5, 5.41) is 0. The predicted molar refractivity (Wildman–Crippen MR) is 40.8 cm³/mol. The van der Waals surface area contributed by atoms with Crippen molar-refractivity contribution in [2.45, 2.75) is 6.92 Å². The molecule has 0 unspecified atom stereocenters. The number of aryl methyl sites for hydroxylation is 1. The van der Waals surface area contributed by atoms with Crippen LogP contribution in [-0.4, -0.2) is 19.0 Å². The molecule has 2 heterocycles. The van der Waals surface area contributed by atoms with Gasteiger partial charge in [-0.25, -0.2) is 4.99 Å². The second-order valence-corrected chi connectivity index (χ2v) is 2.45. The first-order chi connectivity index (χ1) is 5.36. The molecule has 0 amide bonds. The van der Waals surface area contributed by atoms with E-state index in [-0.39, 0.29) is 0 Å². The van der Waals surface area contributed by atoms with Crippen LogP contribution in [0.4, 0.5) is 0 Å². The lowest BCUT2D eigenvalue weighted by Crippen LogP contribution is -1.98. The molecule has 0 atom stereocenters. The van der Waals surface area contributed by atoms with Crippen molar-refractivity contribution >= 4 is 5.90 Å². The third-order valence-electron chi connectivity index (χ3n) is 1.54. The van der Waals surface area contributed by atoms with Gasteiger partial charge in [-0.05, 0) is 19.1 Å². The van der Waals surface area contributed by atoms with E-state index in [0.717, 1.165) is 18.1 Å². The Morgan fingerprint density at radius 3 is 2.91 bits per heavy atom. The van der Waals surface area contributed by atoms with Crippen molar-refractivity contribution in [3.8, 4) is 0 Å². The van der Waals surface area contributed by atoms with Crippen molar-refractivity contribution < 1.29 is 9.15 Å². The van der Waals surface area contributed by atoms with E-state index < -0.39 is 0 Å². The first-order valence-electron chi connectivity index (χ1n) is 3.60.